The molecule has 3 rings (SSSR count). The van der Waals surface area contributed by atoms with E-state index in [1.807, 2.05) is 42.2 Å². The van der Waals surface area contributed by atoms with Crippen LogP contribution in [0.3, 0.4) is 0 Å². The summed E-state index contributed by atoms with van der Waals surface area (Å²) < 4.78 is 0. The minimum atomic E-state index is 0.0191. The summed E-state index contributed by atoms with van der Waals surface area (Å²) in [5.74, 6) is 0.0191. The summed E-state index contributed by atoms with van der Waals surface area (Å²) in [5, 5.41) is 0. The van der Waals surface area contributed by atoms with Crippen molar-refractivity contribution < 1.29 is 4.79 Å². The van der Waals surface area contributed by atoms with Crippen molar-refractivity contribution in [3.8, 4) is 0 Å². The standard InChI is InChI=1S/C18H21N3O/c1-14-7-6-10-16(19-14)18(22)21-12-11-20(2)13-17(21)15-8-4-3-5-9-15/h3-10,17H,11-13H2,1-2H3. The van der Waals surface area contributed by atoms with Crippen molar-refractivity contribution in [2.45, 2.75) is 13.0 Å². The molecule has 1 aromatic heterocycles. The number of pyridine rings is 1. The van der Waals surface area contributed by atoms with E-state index in [4.69, 9.17) is 0 Å². The Labute approximate surface area is 131 Å². The third kappa shape index (κ3) is 3.02. The average molecular weight is 295 g/mol. The van der Waals surface area contributed by atoms with Crippen molar-refractivity contribution in [2.24, 2.45) is 0 Å². The molecule has 1 atom stereocenters. The molecule has 2 heterocycles. The highest BCUT2D eigenvalue weighted by atomic mass is 16.2. The van der Waals surface area contributed by atoms with Crippen molar-refractivity contribution in [3.63, 3.8) is 0 Å². The van der Waals surface area contributed by atoms with Crippen LogP contribution in [-0.2, 0) is 0 Å². The fourth-order valence-corrected chi connectivity index (χ4v) is 2.93. The van der Waals surface area contributed by atoms with Gasteiger partial charge in [0.2, 0.25) is 0 Å². The Balaban J connectivity index is 1.91. The number of aryl methyl sites for hydroxylation is 1. The molecule has 114 valence electrons. The third-order valence-electron chi connectivity index (χ3n) is 4.14. The molecule has 0 bridgehead atoms. The van der Waals surface area contributed by atoms with Gasteiger partial charge in [-0.15, -0.1) is 0 Å². The number of aromatic nitrogens is 1. The number of hydrogen-bond donors (Lipinski definition) is 0. The number of carbonyl (C=O) groups is 1. The lowest BCUT2D eigenvalue weighted by atomic mass is 10.0. The Morgan fingerprint density at radius 2 is 1.86 bits per heavy atom. The van der Waals surface area contributed by atoms with Gasteiger partial charge in [-0.25, -0.2) is 4.98 Å². The van der Waals surface area contributed by atoms with Gasteiger partial charge in [0.15, 0.2) is 0 Å². The predicted octanol–water partition coefficient (Wildman–Crippen LogP) is 2.52. The second-order valence-electron chi connectivity index (χ2n) is 5.85. The molecule has 2 aromatic rings. The number of rotatable bonds is 2. The maximum atomic E-state index is 12.9. The Kier molecular flexibility index (Phi) is 4.20. The highest BCUT2D eigenvalue weighted by Gasteiger charge is 2.31. The summed E-state index contributed by atoms with van der Waals surface area (Å²) in [7, 11) is 2.10. The maximum Gasteiger partial charge on any atom is 0.273 e. The SMILES string of the molecule is Cc1cccc(C(=O)N2CCN(C)CC2c2ccccc2)n1. The van der Waals surface area contributed by atoms with Gasteiger partial charge in [0.05, 0.1) is 6.04 Å². The normalized spacial score (nSPS) is 19.2. The Morgan fingerprint density at radius 1 is 1.09 bits per heavy atom. The number of piperazine rings is 1. The molecular weight excluding hydrogens is 274 g/mol. The lowest BCUT2D eigenvalue weighted by molar-refractivity contribution is 0.0492. The van der Waals surface area contributed by atoms with E-state index in [2.05, 4.69) is 29.1 Å². The van der Waals surface area contributed by atoms with Gasteiger partial charge < -0.3 is 9.80 Å². The minimum Gasteiger partial charge on any atom is -0.328 e. The lowest BCUT2D eigenvalue weighted by Gasteiger charge is -2.40. The van der Waals surface area contributed by atoms with Gasteiger partial charge in [-0.2, -0.15) is 0 Å². The molecule has 0 radical (unpaired) electrons. The van der Waals surface area contributed by atoms with Crippen LogP contribution in [-0.4, -0.2) is 47.4 Å². The van der Waals surface area contributed by atoms with Gasteiger partial charge >= 0.3 is 0 Å². The van der Waals surface area contributed by atoms with E-state index in [9.17, 15) is 4.79 Å². The first-order valence-electron chi connectivity index (χ1n) is 7.63. The highest BCUT2D eigenvalue weighted by molar-refractivity contribution is 5.92. The largest absolute Gasteiger partial charge is 0.328 e. The zero-order chi connectivity index (χ0) is 15.5. The molecule has 1 aliphatic heterocycles. The van der Waals surface area contributed by atoms with E-state index < -0.39 is 0 Å². The fourth-order valence-electron chi connectivity index (χ4n) is 2.93. The molecule has 22 heavy (non-hydrogen) atoms. The molecule has 0 N–H and O–H groups in total. The van der Waals surface area contributed by atoms with Gasteiger partial charge in [-0.1, -0.05) is 36.4 Å². The van der Waals surface area contributed by atoms with Crippen molar-refractivity contribution in [1.82, 2.24) is 14.8 Å². The van der Waals surface area contributed by atoms with Crippen LogP contribution in [0.4, 0.5) is 0 Å². The first-order chi connectivity index (χ1) is 10.6. The Bertz CT molecular complexity index is 656. The Hall–Kier alpha value is -2.20. The summed E-state index contributed by atoms with van der Waals surface area (Å²) in [4.78, 5) is 21.5. The van der Waals surface area contributed by atoms with Crippen LogP contribution in [0.2, 0.25) is 0 Å². The van der Waals surface area contributed by atoms with E-state index in [1.54, 1.807) is 6.07 Å². The van der Waals surface area contributed by atoms with E-state index >= 15 is 0 Å². The second-order valence-corrected chi connectivity index (χ2v) is 5.85. The molecule has 1 amide bonds. The first kappa shape index (κ1) is 14.7. The quantitative estimate of drug-likeness (QED) is 0.854. The molecule has 1 unspecified atom stereocenters. The fraction of sp³-hybridized carbons (Fsp3) is 0.333. The summed E-state index contributed by atoms with van der Waals surface area (Å²) >= 11 is 0. The van der Waals surface area contributed by atoms with Crippen LogP contribution in [0.1, 0.15) is 27.8 Å². The molecule has 1 fully saturated rings. The minimum absolute atomic E-state index is 0.0191. The lowest BCUT2D eigenvalue weighted by Crippen LogP contribution is -2.49. The monoisotopic (exact) mass is 295 g/mol. The van der Waals surface area contributed by atoms with Crippen LogP contribution < -0.4 is 0 Å². The average Bonchev–Trinajstić information content (AvgIpc) is 2.55. The van der Waals surface area contributed by atoms with Gasteiger partial charge in [-0.3, -0.25) is 4.79 Å². The van der Waals surface area contributed by atoms with Gasteiger partial charge in [-0.05, 0) is 31.7 Å². The van der Waals surface area contributed by atoms with Crippen LogP contribution >= 0.6 is 0 Å². The zero-order valence-corrected chi connectivity index (χ0v) is 13.1. The molecular formula is C18H21N3O. The van der Waals surface area contributed by atoms with Gasteiger partial charge in [0.25, 0.3) is 5.91 Å². The van der Waals surface area contributed by atoms with E-state index in [0.717, 1.165) is 25.3 Å². The number of nitrogens with zero attached hydrogens (tertiary/aromatic N) is 3. The summed E-state index contributed by atoms with van der Waals surface area (Å²) in [6, 6.07) is 15.9. The third-order valence-corrected chi connectivity index (χ3v) is 4.14. The van der Waals surface area contributed by atoms with E-state index in [-0.39, 0.29) is 11.9 Å². The number of amides is 1. The van der Waals surface area contributed by atoms with Gasteiger partial charge in [0, 0.05) is 25.3 Å². The smallest absolute Gasteiger partial charge is 0.273 e. The topological polar surface area (TPSA) is 36.4 Å². The summed E-state index contributed by atoms with van der Waals surface area (Å²) in [6.45, 7) is 4.38. The molecule has 4 nitrogen and oxygen atoms in total. The second kappa shape index (κ2) is 6.28. The molecule has 0 aliphatic carbocycles. The molecule has 0 saturated carbocycles. The van der Waals surface area contributed by atoms with Crippen molar-refractivity contribution in [3.05, 3.63) is 65.5 Å². The summed E-state index contributed by atoms with van der Waals surface area (Å²) in [5.41, 5.74) is 2.58. The van der Waals surface area contributed by atoms with E-state index in [0.29, 0.717) is 5.69 Å². The number of hydrogen-bond acceptors (Lipinski definition) is 3. The van der Waals surface area contributed by atoms with Gasteiger partial charge in [0.1, 0.15) is 5.69 Å². The number of carbonyl (C=O) groups excluding carboxylic acids is 1. The van der Waals surface area contributed by atoms with Crippen molar-refractivity contribution >= 4 is 5.91 Å². The molecule has 1 aliphatic rings. The zero-order valence-electron chi connectivity index (χ0n) is 13.1. The van der Waals surface area contributed by atoms with Crippen molar-refractivity contribution in [2.75, 3.05) is 26.7 Å². The van der Waals surface area contributed by atoms with Crippen LogP contribution in [0, 0.1) is 6.92 Å². The Morgan fingerprint density at radius 3 is 2.59 bits per heavy atom. The van der Waals surface area contributed by atoms with Crippen LogP contribution in [0.25, 0.3) is 0 Å². The number of benzene rings is 1. The predicted molar refractivity (Wildman–Crippen MR) is 86.7 cm³/mol. The number of likely N-dealkylation sites (N-methyl/N-ethyl adjacent to an activating group) is 1. The van der Waals surface area contributed by atoms with Crippen LogP contribution in [0.15, 0.2) is 48.5 Å². The molecule has 1 saturated heterocycles. The van der Waals surface area contributed by atoms with E-state index in [1.165, 1.54) is 5.56 Å². The van der Waals surface area contributed by atoms with Crippen LogP contribution in [0.5, 0.6) is 0 Å². The van der Waals surface area contributed by atoms with Crippen molar-refractivity contribution in [1.29, 1.82) is 0 Å². The molecule has 0 spiro atoms. The summed E-state index contributed by atoms with van der Waals surface area (Å²) in [6.07, 6.45) is 0. The highest BCUT2D eigenvalue weighted by Crippen LogP contribution is 2.26. The molecule has 4 heteroatoms. The maximum absolute atomic E-state index is 12.9. The first-order valence-corrected chi connectivity index (χ1v) is 7.63. The molecule has 1 aromatic carbocycles.